The van der Waals surface area contributed by atoms with E-state index in [4.69, 9.17) is 14.2 Å². The number of nitrogens with zero attached hydrogens (tertiary/aromatic N) is 1. The molecule has 0 spiro atoms. The average Bonchev–Trinajstić information content (AvgIpc) is 2.82. The van der Waals surface area contributed by atoms with E-state index in [0.717, 1.165) is 5.56 Å². The molecule has 0 aromatic heterocycles. The Balaban J connectivity index is 1.70. The number of hydrogen-bond acceptors (Lipinski definition) is 6. The van der Waals surface area contributed by atoms with Crippen molar-refractivity contribution < 1.29 is 27.4 Å². The van der Waals surface area contributed by atoms with Gasteiger partial charge in [0, 0.05) is 13.6 Å². The van der Waals surface area contributed by atoms with E-state index in [-0.39, 0.29) is 36.0 Å². The molecular weight excluding hydrogens is 430 g/mol. The minimum Gasteiger partial charge on any atom is -0.495 e. The predicted molar refractivity (Wildman–Crippen MR) is 120 cm³/mol. The minimum absolute atomic E-state index is 0.0236. The zero-order valence-electron chi connectivity index (χ0n) is 17.9. The summed E-state index contributed by atoms with van der Waals surface area (Å²) in [5, 5.41) is 0. The Morgan fingerprint density at radius 3 is 2.22 bits per heavy atom. The molecule has 0 N–H and O–H groups in total. The summed E-state index contributed by atoms with van der Waals surface area (Å²) in [7, 11) is -1.06. The first-order valence-electron chi connectivity index (χ1n) is 9.95. The van der Waals surface area contributed by atoms with Crippen LogP contribution in [0, 0.1) is 0 Å². The van der Waals surface area contributed by atoms with Crippen molar-refractivity contribution in [2.45, 2.75) is 11.4 Å². The Morgan fingerprint density at radius 2 is 1.56 bits per heavy atom. The normalized spacial score (nSPS) is 11.2. The predicted octanol–water partition coefficient (Wildman–Crippen LogP) is 3.75. The van der Waals surface area contributed by atoms with Crippen LogP contribution in [0.1, 0.15) is 15.9 Å². The molecule has 0 aliphatic carbocycles. The van der Waals surface area contributed by atoms with Crippen molar-refractivity contribution in [2.75, 3.05) is 27.4 Å². The lowest BCUT2D eigenvalue weighted by Crippen LogP contribution is -2.27. The van der Waals surface area contributed by atoms with E-state index in [2.05, 4.69) is 0 Å². The van der Waals surface area contributed by atoms with Crippen LogP contribution in [-0.4, -0.2) is 46.1 Å². The fourth-order valence-corrected chi connectivity index (χ4v) is 4.33. The number of rotatable bonds is 10. The maximum absolute atomic E-state index is 13.2. The van der Waals surface area contributed by atoms with Gasteiger partial charge in [0.1, 0.15) is 29.6 Å². The summed E-state index contributed by atoms with van der Waals surface area (Å²) in [6.07, 6.45) is 0. The first-order valence-corrected chi connectivity index (χ1v) is 11.4. The van der Waals surface area contributed by atoms with Crippen LogP contribution < -0.4 is 9.47 Å². The third-order valence-corrected chi connectivity index (χ3v) is 6.49. The number of methoxy groups -OCH3 is 1. The monoisotopic (exact) mass is 455 g/mol. The van der Waals surface area contributed by atoms with Crippen molar-refractivity contribution in [1.82, 2.24) is 4.31 Å². The lowest BCUT2D eigenvalue weighted by atomic mass is 10.2. The van der Waals surface area contributed by atoms with E-state index >= 15 is 0 Å². The highest BCUT2D eigenvalue weighted by Gasteiger charge is 2.26. The molecule has 0 saturated carbocycles. The number of benzene rings is 3. The van der Waals surface area contributed by atoms with E-state index in [0.29, 0.717) is 5.75 Å². The Bertz CT molecular complexity index is 1130. The van der Waals surface area contributed by atoms with Crippen molar-refractivity contribution in [3.8, 4) is 11.5 Å². The molecule has 3 rings (SSSR count). The van der Waals surface area contributed by atoms with E-state index in [1.807, 2.05) is 48.5 Å². The highest BCUT2D eigenvalue weighted by molar-refractivity contribution is 7.89. The fourth-order valence-electron chi connectivity index (χ4n) is 2.99. The lowest BCUT2D eigenvalue weighted by molar-refractivity contribution is 0.0450. The van der Waals surface area contributed by atoms with Crippen LogP contribution in [0.4, 0.5) is 0 Å². The molecule has 0 amide bonds. The van der Waals surface area contributed by atoms with Crippen molar-refractivity contribution >= 4 is 16.0 Å². The van der Waals surface area contributed by atoms with Crippen LogP contribution >= 0.6 is 0 Å². The van der Waals surface area contributed by atoms with Crippen molar-refractivity contribution in [1.29, 1.82) is 0 Å². The molecule has 7 nitrogen and oxygen atoms in total. The van der Waals surface area contributed by atoms with Gasteiger partial charge in [0.25, 0.3) is 0 Å². The summed E-state index contributed by atoms with van der Waals surface area (Å²) in [6, 6.07) is 22.6. The summed E-state index contributed by atoms with van der Waals surface area (Å²) in [6.45, 7) is 0.379. The highest BCUT2D eigenvalue weighted by Crippen LogP contribution is 2.28. The van der Waals surface area contributed by atoms with Crippen LogP contribution in [0.15, 0.2) is 83.8 Å². The zero-order valence-corrected chi connectivity index (χ0v) is 18.7. The number of carbonyl (C=O) groups excluding carboxylic acids is 1. The molecule has 168 valence electrons. The van der Waals surface area contributed by atoms with E-state index in [1.54, 1.807) is 12.1 Å². The molecule has 3 aromatic carbocycles. The van der Waals surface area contributed by atoms with Gasteiger partial charge in [0.05, 0.1) is 12.7 Å². The molecule has 0 bridgehead atoms. The van der Waals surface area contributed by atoms with Gasteiger partial charge in [-0.3, -0.25) is 0 Å². The van der Waals surface area contributed by atoms with Gasteiger partial charge < -0.3 is 14.2 Å². The molecule has 0 saturated heterocycles. The van der Waals surface area contributed by atoms with Crippen molar-refractivity contribution in [3.05, 3.63) is 90.0 Å². The van der Waals surface area contributed by atoms with Crippen molar-refractivity contribution in [3.63, 3.8) is 0 Å². The second kappa shape index (κ2) is 10.8. The molecule has 0 fully saturated rings. The Labute approximate surface area is 188 Å². The second-order valence-electron chi connectivity index (χ2n) is 6.91. The molecule has 0 aliphatic heterocycles. The number of sulfonamides is 1. The van der Waals surface area contributed by atoms with Crippen LogP contribution in [0.2, 0.25) is 0 Å². The molecule has 3 aromatic rings. The summed E-state index contributed by atoms with van der Waals surface area (Å²) >= 11 is 0. The average molecular weight is 456 g/mol. The molecule has 0 aliphatic rings. The lowest BCUT2D eigenvalue weighted by Gasteiger charge is -2.19. The first kappa shape index (κ1) is 23.3. The minimum atomic E-state index is -3.92. The first-order chi connectivity index (χ1) is 15.4. The molecule has 0 radical (unpaired) electrons. The molecule has 0 atom stereocenters. The van der Waals surface area contributed by atoms with Gasteiger partial charge in [-0.25, -0.2) is 13.2 Å². The van der Waals surface area contributed by atoms with Gasteiger partial charge >= 0.3 is 5.97 Å². The van der Waals surface area contributed by atoms with Gasteiger partial charge in [0.2, 0.25) is 10.0 Å². The number of ether oxygens (including phenoxy) is 3. The Morgan fingerprint density at radius 1 is 0.906 bits per heavy atom. The number of carbonyl (C=O) groups is 1. The third-order valence-electron chi connectivity index (χ3n) is 4.66. The quantitative estimate of drug-likeness (QED) is 0.342. The van der Waals surface area contributed by atoms with Gasteiger partial charge in [-0.1, -0.05) is 48.5 Å². The SMILES string of the molecule is COc1ccc(C(=O)OCCOc2ccccc2)cc1S(=O)(=O)N(C)Cc1ccccc1. The Hall–Kier alpha value is -3.36. The summed E-state index contributed by atoms with van der Waals surface area (Å²) in [5.74, 6) is 0.170. The largest absolute Gasteiger partial charge is 0.495 e. The summed E-state index contributed by atoms with van der Waals surface area (Å²) in [4.78, 5) is 12.4. The highest BCUT2D eigenvalue weighted by atomic mass is 32.2. The van der Waals surface area contributed by atoms with Crippen LogP contribution in [0.25, 0.3) is 0 Å². The summed E-state index contributed by atoms with van der Waals surface area (Å²) in [5.41, 5.74) is 0.948. The van der Waals surface area contributed by atoms with E-state index in [9.17, 15) is 13.2 Å². The van der Waals surface area contributed by atoms with E-state index in [1.165, 1.54) is 36.7 Å². The van der Waals surface area contributed by atoms with Crippen molar-refractivity contribution in [2.24, 2.45) is 0 Å². The van der Waals surface area contributed by atoms with Crippen LogP contribution in [0.3, 0.4) is 0 Å². The van der Waals surface area contributed by atoms with Gasteiger partial charge in [-0.2, -0.15) is 4.31 Å². The van der Waals surface area contributed by atoms with Gasteiger partial charge in [-0.15, -0.1) is 0 Å². The Kier molecular flexibility index (Phi) is 7.86. The second-order valence-corrected chi connectivity index (χ2v) is 8.92. The van der Waals surface area contributed by atoms with Gasteiger partial charge in [0.15, 0.2) is 0 Å². The molecular formula is C24H25NO6S. The molecule has 8 heteroatoms. The summed E-state index contributed by atoms with van der Waals surface area (Å²) < 4.78 is 43.5. The maximum Gasteiger partial charge on any atom is 0.338 e. The smallest absolute Gasteiger partial charge is 0.338 e. The maximum atomic E-state index is 13.2. The fraction of sp³-hybridized carbons (Fsp3) is 0.208. The topological polar surface area (TPSA) is 82.1 Å². The van der Waals surface area contributed by atoms with Crippen LogP contribution in [-0.2, 0) is 21.3 Å². The van der Waals surface area contributed by atoms with Crippen LogP contribution in [0.5, 0.6) is 11.5 Å². The van der Waals surface area contributed by atoms with E-state index < -0.39 is 16.0 Å². The molecule has 0 unspecified atom stereocenters. The van der Waals surface area contributed by atoms with Gasteiger partial charge in [-0.05, 0) is 35.9 Å². The number of esters is 1. The standard InChI is InChI=1S/C24H25NO6S/c1-25(18-19-9-5-3-6-10-19)32(27,28)23-17-20(13-14-22(23)29-2)24(26)31-16-15-30-21-11-7-4-8-12-21/h3-14,17H,15-16,18H2,1-2H3. The third kappa shape index (κ3) is 5.87. The number of para-hydroxylation sites is 1. The molecule has 32 heavy (non-hydrogen) atoms. The zero-order chi connectivity index (χ0) is 23.0. The number of hydrogen-bond donors (Lipinski definition) is 0. The molecule has 0 heterocycles.